The smallest absolute Gasteiger partial charge is 0.261 e. The van der Waals surface area contributed by atoms with Gasteiger partial charge in [-0.1, -0.05) is 31.1 Å². The highest BCUT2D eigenvalue weighted by molar-refractivity contribution is 7.92. The van der Waals surface area contributed by atoms with Crippen molar-refractivity contribution >= 4 is 27.3 Å². The topological polar surface area (TPSA) is 140 Å². The second-order valence-corrected chi connectivity index (χ2v) is 9.88. The summed E-state index contributed by atoms with van der Waals surface area (Å²) < 4.78 is 33.5. The molecule has 3 aromatic rings. The number of rotatable bonds is 8. The molecule has 1 saturated carbocycles. The van der Waals surface area contributed by atoms with Crippen molar-refractivity contribution in [2.24, 2.45) is 11.1 Å². The van der Waals surface area contributed by atoms with Crippen LogP contribution in [0.3, 0.4) is 0 Å². The molecular weight excluding hydrogens is 430 g/mol. The maximum atomic E-state index is 12.9. The summed E-state index contributed by atoms with van der Waals surface area (Å²) in [6.45, 7) is 3.83. The van der Waals surface area contributed by atoms with Gasteiger partial charge in [-0.25, -0.2) is 8.42 Å². The van der Waals surface area contributed by atoms with Gasteiger partial charge in [0.2, 0.25) is 17.6 Å². The fraction of sp³-hybridized carbons (Fsp3) is 0.318. The number of nitrogens with zero attached hydrogens (tertiary/aromatic N) is 2. The number of hydrogen-bond donors (Lipinski definition) is 3. The number of amides is 1. The van der Waals surface area contributed by atoms with Gasteiger partial charge in [0.15, 0.2) is 0 Å². The van der Waals surface area contributed by atoms with E-state index in [1.165, 1.54) is 12.1 Å². The van der Waals surface area contributed by atoms with Crippen LogP contribution in [0, 0.1) is 5.41 Å². The Morgan fingerprint density at radius 3 is 2.53 bits per heavy atom. The highest BCUT2D eigenvalue weighted by Crippen LogP contribution is 2.45. The minimum atomic E-state index is -3.86. The van der Waals surface area contributed by atoms with Crippen LogP contribution in [0.5, 0.6) is 0 Å². The molecule has 4 rings (SSSR count). The number of nitrogens with two attached hydrogens (primary N) is 1. The molecule has 1 aromatic heterocycles. The van der Waals surface area contributed by atoms with Crippen molar-refractivity contribution in [1.82, 2.24) is 10.1 Å². The van der Waals surface area contributed by atoms with Gasteiger partial charge in [-0.2, -0.15) is 4.98 Å². The Balaban J connectivity index is 1.48. The van der Waals surface area contributed by atoms with Crippen LogP contribution in [-0.4, -0.2) is 24.5 Å². The van der Waals surface area contributed by atoms with Crippen molar-refractivity contribution in [3.8, 4) is 11.4 Å². The third-order valence-electron chi connectivity index (χ3n) is 5.54. The molecule has 1 fully saturated rings. The zero-order valence-corrected chi connectivity index (χ0v) is 18.6. The average molecular weight is 456 g/mol. The third-order valence-corrected chi connectivity index (χ3v) is 6.92. The molecular formula is C22H25N5O4S. The number of hydrogen-bond acceptors (Lipinski definition) is 7. The third kappa shape index (κ3) is 4.66. The maximum absolute atomic E-state index is 12.9. The molecule has 168 valence electrons. The van der Waals surface area contributed by atoms with Crippen LogP contribution in [0.2, 0.25) is 0 Å². The number of aromatic nitrogens is 2. The first-order valence-corrected chi connectivity index (χ1v) is 11.8. The maximum Gasteiger partial charge on any atom is 0.261 e. The second-order valence-electron chi connectivity index (χ2n) is 8.20. The summed E-state index contributed by atoms with van der Waals surface area (Å²) in [6, 6.07) is 12.4. The van der Waals surface area contributed by atoms with E-state index in [2.05, 4.69) is 20.2 Å². The van der Waals surface area contributed by atoms with Gasteiger partial charge in [0.05, 0.1) is 10.9 Å². The van der Waals surface area contributed by atoms with Crippen molar-refractivity contribution in [2.75, 3.05) is 10.0 Å². The molecule has 1 amide bonds. The van der Waals surface area contributed by atoms with Gasteiger partial charge in [-0.3, -0.25) is 9.52 Å². The molecule has 2 aromatic carbocycles. The van der Waals surface area contributed by atoms with Crippen LogP contribution < -0.4 is 15.8 Å². The molecule has 32 heavy (non-hydrogen) atoms. The van der Waals surface area contributed by atoms with Crippen LogP contribution in [0.25, 0.3) is 11.4 Å². The highest BCUT2D eigenvalue weighted by atomic mass is 32.2. The summed E-state index contributed by atoms with van der Waals surface area (Å²) in [5, 5.41) is 6.76. The minimum Gasteiger partial charge on any atom is -0.337 e. The Kier molecular flexibility index (Phi) is 5.74. The van der Waals surface area contributed by atoms with Crippen LogP contribution in [0.15, 0.2) is 57.9 Å². The summed E-state index contributed by atoms with van der Waals surface area (Å²) >= 11 is 0. The van der Waals surface area contributed by atoms with Crippen LogP contribution in [-0.2, 0) is 14.8 Å². The molecule has 0 spiro atoms. The van der Waals surface area contributed by atoms with Gasteiger partial charge in [0.1, 0.15) is 0 Å². The predicted molar refractivity (Wildman–Crippen MR) is 120 cm³/mol. The fourth-order valence-electron chi connectivity index (χ4n) is 3.01. The Morgan fingerprint density at radius 2 is 1.88 bits per heavy atom. The Hall–Kier alpha value is -3.24. The van der Waals surface area contributed by atoms with E-state index in [-0.39, 0.29) is 28.1 Å². The molecule has 9 nitrogen and oxygen atoms in total. The van der Waals surface area contributed by atoms with Gasteiger partial charge < -0.3 is 15.6 Å². The normalized spacial score (nSPS) is 15.7. The van der Waals surface area contributed by atoms with E-state index in [9.17, 15) is 13.2 Å². The highest BCUT2D eigenvalue weighted by Gasteiger charge is 2.44. The van der Waals surface area contributed by atoms with E-state index < -0.39 is 10.0 Å². The molecule has 1 aliphatic carbocycles. The number of nitrogens with one attached hydrogen (secondary N) is 2. The number of carbonyl (C=O) groups is 1. The van der Waals surface area contributed by atoms with Gasteiger partial charge >= 0.3 is 0 Å². The minimum absolute atomic E-state index is 0.0211. The molecule has 1 atom stereocenters. The van der Waals surface area contributed by atoms with E-state index in [0.717, 1.165) is 12.8 Å². The molecule has 10 heteroatoms. The molecule has 0 aliphatic heterocycles. The lowest BCUT2D eigenvalue weighted by atomic mass is 10.1. The largest absolute Gasteiger partial charge is 0.337 e. The Labute approximate surface area is 186 Å². The summed E-state index contributed by atoms with van der Waals surface area (Å²) in [6.07, 6.45) is 2.40. The summed E-state index contributed by atoms with van der Waals surface area (Å²) in [7, 11) is -3.86. The van der Waals surface area contributed by atoms with Gasteiger partial charge in [-0.05, 0) is 55.7 Å². The fourth-order valence-corrected chi connectivity index (χ4v) is 4.12. The molecule has 4 N–H and O–H groups in total. The monoisotopic (exact) mass is 455 g/mol. The molecule has 0 saturated heterocycles. The zero-order valence-electron chi connectivity index (χ0n) is 17.8. The molecule has 1 heterocycles. The van der Waals surface area contributed by atoms with Crippen molar-refractivity contribution in [2.45, 2.75) is 44.0 Å². The SMILES string of the molecule is CC[C@H](N)c1nc(-c2cccc(S(=O)(=O)Nc3ccc(NC(=O)C4(C)CC4)cc3)c2)no1. The van der Waals surface area contributed by atoms with Gasteiger partial charge in [0.25, 0.3) is 10.0 Å². The van der Waals surface area contributed by atoms with Crippen molar-refractivity contribution in [3.05, 3.63) is 54.4 Å². The van der Waals surface area contributed by atoms with Crippen LogP contribution in [0.1, 0.15) is 45.0 Å². The Morgan fingerprint density at radius 1 is 1.19 bits per heavy atom. The lowest BCUT2D eigenvalue weighted by Crippen LogP contribution is -2.21. The number of sulfonamides is 1. The first kappa shape index (κ1) is 22.0. The number of carbonyl (C=O) groups excluding carboxylic acids is 1. The van der Waals surface area contributed by atoms with Gasteiger partial charge in [0, 0.05) is 22.4 Å². The number of anilines is 2. The Bertz CT molecular complexity index is 1230. The van der Waals surface area contributed by atoms with Crippen molar-refractivity contribution in [3.63, 3.8) is 0 Å². The lowest BCUT2D eigenvalue weighted by molar-refractivity contribution is -0.120. The zero-order chi connectivity index (χ0) is 22.9. The molecule has 1 aliphatic rings. The lowest BCUT2D eigenvalue weighted by Gasteiger charge is -2.12. The van der Waals surface area contributed by atoms with Crippen molar-refractivity contribution < 1.29 is 17.7 Å². The second kappa shape index (κ2) is 8.36. The summed E-state index contributed by atoms with van der Waals surface area (Å²) in [5.74, 6) is 0.550. The van der Waals surface area contributed by atoms with E-state index in [1.54, 1.807) is 36.4 Å². The van der Waals surface area contributed by atoms with Crippen LogP contribution >= 0.6 is 0 Å². The number of benzene rings is 2. The standard InChI is InChI=1S/C22H25N5O4S/c1-3-18(23)20-25-19(26-31-20)14-5-4-6-17(13-14)32(29,30)27-16-9-7-15(8-10-16)24-21(28)22(2)11-12-22/h4-10,13,18,27H,3,11-12,23H2,1-2H3,(H,24,28)/t18-/m0/s1. The first-order chi connectivity index (χ1) is 15.2. The quantitative estimate of drug-likeness (QED) is 0.470. The van der Waals surface area contributed by atoms with Gasteiger partial charge in [-0.15, -0.1) is 0 Å². The van der Waals surface area contributed by atoms with Crippen molar-refractivity contribution in [1.29, 1.82) is 0 Å². The average Bonchev–Trinajstić information content (AvgIpc) is 3.35. The molecule has 0 unspecified atom stereocenters. The first-order valence-electron chi connectivity index (χ1n) is 10.3. The molecule has 0 radical (unpaired) electrons. The molecule has 0 bridgehead atoms. The van der Waals surface area contributed by atoms with E-state index in [0.29, 0.717) is 29.2 Å². The van der Waals surface area contributed by atoms with Crippen LogP contribution in [0.4, 0.5) is 11.4 Å². The predicted octanol–water partition coefficient (Wildman–Crippen LogP) is 3.69. The summed E-state index contributed by atoms with van der Waals surface area (Å²) in [4.78, 5) is 16.5. The van der Waals surface area contributed by atoms with E-state index in [1.807, 2.05) is 13.8 Å². The van der Waals surface area contributed by atoms with E-state index in [4.69, 9.17) is 10.3 Å². The van der Waals surface area contributed by atoms with E-state index >= 15 is 0 Å². The summed E-state index contributed by atoms with van der Waals surface area (Å²) in [5.41, 5.74) is 7.11.